The van der Waals surface area contributed by atoms with Gasteiger partial charge in [0.05, 0.1) is 18.8 Å². The number of carboxylic acids is 1. The summed E-state index contributed by atoms with van der Waals surface area (Å²) in [5, 5.41) is 57.4. The fourth-order valence-corrected chi connectivity index (χ4v) is 1.60. The predicted octanol–water partition coefficient (Wildman–Crippen LogP) is -6.91. The Balaban J connectivity index is -0.00000200. The maximum Gasteiger partial charge on any atom is 1.00 e. The fraction of sp³-hybridized carbons (Fsp3) is 0.727. The van der Waals surface area contributed by atoms with Gasteiger partial charge in [-0.15, -0.1) is 0 Å². The summed E-state index contributed by atoms with van der Waals surface area (Å²) in [5.74, 6) is -3.89. The standard InChI is InChI=1S/C11H19NO9.Na.H/c1-4(14)12-8(5(15)2-6(16)11(20)21)10(19)9(18)7(17)3-13;;/h5,7-10,13,15,17-19H,2-3H2,1H3,(H,12,14)(H,20,21);;/q;+1;-1/t5-,7+,8+,9+,10+;;/m0../s1. The van der Waals surface area contributed by atoms with E-state index in [0.29, 0.717) is 0 Å². The van der Waals surface area contributed by atoms with Gasteiger partial charge in [0.15, 0.2) is 0 Å². The molecule has 0 radical (unpaired) electrons. The molecular weight excluding hydrogens is 313 g/mol. The molecule has 1 amide bonds. The summed E-state index contributed by atoms with van der Waals surface area (Å²) < 4.78 is 0. The van der Waals surface area contributed by atoms with Crippen molar-refractivity contribution in [2.24, 2.45) is 0 Å². The van der Waals surface area contributed by atoms with E-state index in [9.17, 15) is 34.8 Å². The van der Waals surface area contributed by atoms with Crippen molar-refractivity contribution >= 4 is 17.7 Å². The minimum Gasteiger partial charge on any atom is -1.00 e. The summed E-state index contributed by atoms with van der Waals surface area (Å²) >= 11 is 0. The average molecular weight is 333 g/mol. The molecule has 124 valence electrons. The number of rotatable bonds is 9. The summed E-state index contributed by atoms with van der Waals surface area (Å²) in [6.07, 6.45) is -8.35. The molecular formula is C11H20NNaO9. The molecule has 0 aliphatic carbocycles. The molecule has 0 aromatic rings. The van der Waals surface area contributed by atoms with Crippen molar-refractivity contribution in [2.45, 2.75) is 43.8 Å². The molecule has 0 rings (SSSR count). The SMILES string of the molecule is CC(=O)N[C@@H]([C@@H](O)[C@H](O)[C@H](O)CO)[C@@H](O)CC(=O)C(=O)O.[H-].[Na+]. The van der Waals surface area contributed by atoms with Crippen LogP contribution in [0.25, 0.3) is 0 Å². The van der Waals surface area contributed by atoms with Crippen molar-refractivity contribution in [3.63, 3.8) is 0 Å². The Kier molecular flexibility index (Phi) is 11.9. The van der Waals surface area contributed by atoms with Crippen LogP contribution in [0.1, 0.15) is 14.8 Å². The van der Waals surface area contributed by atoms with Crippen LogP contribution < -0.4 is 34.9 Å². The number of ketones is 1. The number of carbonyl (C=O) groups is 3. The van der Waals surface area contributed by atoms with E-state index >= 15 is 0 Å². The molecule has 5 atom stereocenters. The number of Topliss-reactive ketones (excluding diaryl/α,β-unsaturated/α-hetero) is 1. The molecule has 0 fully saturated rings. The van der Waals surface area contributed by atoms with Crippen molar-refractivity contribution < 1.29 is 76.0 Å². The summed E-state index contributed by atoms with van der Waals surface area (Å²) in [6.45, 7) is 0.134. The van der Waals surface area contributed by atoms with Crippen molar-refractivity contribution in [3.8, 4) is 0 Å². The van der Waals surface area contributed by atoms with E-state index in [0.717, 1.165) is 6.92 Å². The van der Waals surface area contributed by atoms with Gasteiger partial charge in [-0.2, -0.15) is 0 Å². The van der Waals surface area contributed by atoms with Gasteiger partial charge < -0.3 is 37.4 Å². The Hall–Kier alpha value is -0.590. The molecule has 0 saturated carbocycles. The molecule has 0 bridgehead atoms. The number of carboxylic acid groups (broad SMARTS) is 1. The van der Waals surface area contributed by atoms with Crippen molar-refractivity contribution in [1.82, 2.24) is 5.32 Å². The number of nitrogens with one attached hydrogen (secondary N) is 1. The maximum absolute atomic E-state index is 11.0. The number of hydrogen-bond acceptors (Lipinski definition) is 8. The zero-order valence-corrected chi connectivity index (χ0v) is 14.2. The Morgan fingerprint density at radius 1 is 1.05 bits per heavy atom. The van der Waals surface area contributed by atoms with E-state index in [1.54, 1.807) is 0 Å². The first-order chi connectivity index (χ1) is 9.61. The predicted molar refractivity (Wildman–Crippen MR) is 67.1 cm³/mol. The molecule has 11 heteroatoms. The van der Waals surface area contributed by atoms with Crippen LogP contribution in [-0.2, 0) is 14.4 Å². The molecule has 0 aromatic heterocycles. The monoisotopic (exact) mass is 333 g/mol. The molecule has 10 nitrogen and oxygen atoms in total. The third-order valence-electron chi connectivity index (χ3n) is 2.72. The van der Waals surface area contributed by atoms with E-state index in [4.69, 9.17) is 10.2 Å². The first-order valence-corrected chi connectivity index (χ1v) is 5.98. The smallest absolute Gasteiger partial charge is 1.00 e. The Bertz CT molecular complexity index is 398. The number of aliphatic carboxylic acids is 1. The van der Waals surface area contributed by atoms with Crippen LogP contribution in [0.5, 0.6) is 0 Å². The fourth-order valence-electron chi connectivity index (χ4n) is 1.60. The van der Waals surface area contributed by atoms with Crippen LogP contribution in [0.15, 0.2) is 0 Å². The number of aliphatic hydroxyl groups excluding tert-OH is 5. The van der Waals surface area contributed by atoms with Crippen LogP contribution in [0.3, 0.4) is 0 Å². The van der Waals surface area contributed by atoms with Crippen LogP contribution in [-0.4, -0.2) is 85.4 Å². The molecule has 0 saturated heterocycles. The van der Waals surface area contributed by atoms with Crippen LogP contribution in [0.2, 0.25) is 0 Å². The van der Waals surface area contributed by atoms with Crippen LogP contribution in [0, 0.1) is 0 Å². The van der Waals surface area contributed by atoms with Gasteiger partial charge in [-0.25, -0.2) is 4.79 Å². The van der Waals surface area contributed by atoms with E-state index in [-0.39, 0.29) is 31.0 Å². The minimum absolute atomic E-state index is 0. The largest absolute Gasteiger partial charge is 1.00 e. The van der Waals surface area contributed by atoms with Gasteiger partial charge >= 0.3 is 35.5 Å². The number of amides is 1. The van der Waals surface area contributed by atoms with Gasteiger partial charge in [0, 0.05) is 13.3 Å². The Morgan fingerprint density at radius 2 is 1.55 bits per heavy atom. The van der Waals surface area contributed by atoms with E-state index in [1.807, 2.05) is 5.32 Å². The Morgan fingerprint density at radius 3 is 1.91 bits per heavy atom. The van der Waals surface area contributed by atoms with Gasteiger partial charge in [0.1, 0.15) is 18.3 Å². The molecule has 0 spiro atoms. The normalized spacial score (nSPS) is 17.4. The second-order valence-corrected chi connectivity index (χ2v) is 4.46. The van der Waals surface area contributed by atoms with Gasteiger partial charge in [-0.05, 0) is 0 Å². The molecule has 22 heavy (non-hydrogen) atoms. The molecule has 7 N–H and O–H groups in total. The molecule has 0 aromatic carbocycles. The van der Waals surface area contributed by atoms with Crippen molar-refractivity contribution in [1.29, 1.82) is 0 Å². The maximum atomic E-state index is 11.0. The van der Waals surface area contributed by atoms with E-state index in [2.05, 4.69) is 0 Å². The summed E-state index contributed by atoms with van der Waals surface area (Å²) in [5.41, 5.74) is 0. The number of hydrogen-bond donors (Lipinski definition) is 7. The van der Waals surface area contributed by atoms with Crippen molar-refractivity contribution in [2.75, 3.05) is 6.61 Å². The zero-order valence-electron chi connectivity index (χ0n) is 13.2. The second kappa shape index (κ2) is 11.0. The molecule has 0 aliphatic heterocycles. The molecule has 0 heterocycles. The van der Waals surface area contributed by atoms with Gasteiger partial charge in [0.2, 0.25) is 11.7 Å². The first kappa shape index (κ1) is 23.7. The quantitative estimate of drug-likeness (QED) is 0.159. The van der Waals surface area contributed by atoms with E-state index < -0.39 is 61.1 Å². The number of carbonyl (C=O) groups excluding carboxylic acids is 2. The summed E-state index contributed by atoms with van der Waals surface area (Å²) in [4.78, 5) is 32.4. The summed E-state index contributed by atoms with van der Waals surface area (Å²) in [6, 6.07) is -1.61. The van der Waals surface area contributed by atoms with Gasteiger partial charge in [-0.1, -0.05) is 0 Å². The van der Waals surface area contributed by atoms with Crippen LogP contribution in [0.4, 0.5) is 0 Å². The van der Waals surface area contributed by atoms with Gasteiger partial charge in [-0.3, -0.25) is 9.59 Å². The summed E-state index contributed by atoms with van der Waals surface area (Å²) in [7, 11) is 0. The van der Waals surface area contributed by atoms with Crippen LogP contribution >= 0.6 is 0 Å². The third-order valence-corrected chi connectivity index (χ3v) is 2.72. The van der Waals surface area contributed by atoms with E-state index in [1.165, 1.54) is 0 Å². The molecule has 0 aliphatic rings. The van der Waals surface area contributed by atoms with Gasteiger partial charge in [0.25, 0.3) is 0 Å². The third kappa shape index (κ3) is 7.61. The van der Waals surface area contributed by atoms with Crippen molar-refractivity contribution in [3.05, 3.63) is 0 Å². The average Bonchev–Trinajstić information content (AvgIpc) is 2.41. The first-order valence-electron chi connectivity index (χ1n) is 5.98. The minimum atomic E-state index is -1.94. The Labute approximate surface area is 149 Å². The topological polar surface area (TPSA) is 185 Å². The molecule has 0 unspecified atom stereocenters. The second-order valence-electron chi connectivity index (χ2n) is 4.46. The zero-order chi connectivity index (χ0) is 16.7. The number of aliphatic hydroxyl groups is 5.